The highest BCUT2D eigenvalue weighted by atomic mass is 32.2. The summed E-state index contributed by atoms with van der Waals surface area (Å²) in [5, 5.41) is 0. The Morgan fingerprint density at radius 1 is 1.00 bits per heavy atom. The third kappa shape index (κ3) is 2.82. The molecule has 0 saturated carbocycles. The summed E-state index contributed by atoms with van der Waals surface area (Å²) in [5.74, 6) is -1.85. The molecule has 2 aromatic carbocycles. The monoisotopic (exact) mass is 266 g/mol. The van der Waals surface area contributed by atoms with Crippen LogP contribution in [0.25, 0.3) is 0 Å². The van der Waals surface area contributed by atoms with E-state index in [1.807, 2.05) is 30.3 Å². The number of benzene rings is 2. The van der Waals surface area contributed by atoms with E-state index in [-0.39, 0.29) is 17.3 Å². The molecule has 94 valence electrons. The van der Waals surface area contributed by atoms with Gasteiger partial charge in [-0.3, -0.25) is 0 Å². The van der Waals surface area contributed by atoms with Crippen LogP contribution in [0.1, 0.15) is 5.56 Å². The number of hydrogen-bond donors (Lipinski definition) is 0. The largest absolute Gasteiger partial charge is 0.486 e. The lowest BCUT2D eigenvalue weighted by Gasteiger charge is -2.09. The van der Waals surface area contributed by atoms with Crippen LogP contribution in [-0.2, 0) is 6.61 Å². The first-order valence-corrected chi connectivity index (χ1v) is 6.63. The lowest BCUT2D eigenvalue weighted by atomic mass is 10.2. The predicted octanol–water partition coefficient (Wildman–Crippen LogP) is 4.27. The molecule has 0 unspecified atom stereocenters. The molecule has 4 heteroatoms. The first-order chi connectivity index (χ1) is 8.72. The van der Waals surface area contributed by atoms with Crippen molar-refractivity contribution >= 4 is 11.8 Å². The zero-order valence-corrected chi connectivity index (χ0v) is 10.6. The molecule has 0 amide bonds. The Hall–Kier alpha value is -1.55. The molecule has 0 N–H and O–H groups in total. The third-order valence-corrected chi connectivity index (χ3v) is 3.22. The third-order valence-electron chi connectivity index (χ3n) is 2.47. The van der Waals surface area contributed by atoms with Crippen LogP contribution in [0.15, 0.2) is 47.4 Å². The van der Waals surface area contributed by atoms with Crippen LogP contribution in [0.5, 0.6) is 5.75 Å². The highest BCUT2D eigenvalue weighted by molar-refractivity contribution is 7.98. The van der Waals surface area contributed by atoms with Gasteiger partial charge in [0.25, 0.3) is 0 Å². The second kappa shape index (κ2) is 5.87. The van der Waals surface area contributed by atoms with Crippen LogP contribution in [0.4, 0.5) is 8.78 Å². The molecule has 0 saturated heterocycles. The Morgan fingerprint density at radius 2 is 1.72 bits per heavy atom. The highest BCUT2D eigenvalue weighted by Crippen LogP contribution is 2.28. The minimum atomic E-state index is -0.933. The van der Waals surface area contributed by atoms with Crippen molar-refractivity contribution in [2.75, 3.05) is 6.26 Å². The minimum absolute atomic E-state index is 0.0610. The van der Waals surface area contributed by atoms with Crippen molar-refractivity contribution in [3.63, 3.8) is 0 Å². The Kier molecular flexibility index (Phi) is 4.20. The summed E-state index contributed by atoms with van der Waals surface area (Å²) in [7, 11) is 0. The average Bonchev–Trinajstić information content (AvgIpc) is 2.42. The fraction of sp³-hybridized carbons (Fsp3) is 0.143. The van der Waals surface area contributed by atoms with E-state index in [1.54, 1.807) is 6.26 Å². The second-order valence-electron chi connectivity index (χ2n) is 3.67. The maximum absolute atomic E-state index is 13.6. The van der Waals surface area contributed by atoms with Crippen LogP contribution < -0.4 is 4.74 Å². The molecule has 0 radical (unpaired) electrons. The van der Waals surface area contributed by atoms with Gasteiger partial charge < -0.3 is 4.74 Å². The molecule has 0 aliphatic heterocycles. The number of ether oxygens (including phenoxy) is 1. The van der Waals surface area contributed by atoms with Crippen molar-refractivity contribution in [3.05, 3.63) is 59.7 Å². The Balaban J connectivity index is 2.13. The van der Waals surface area contributed by atoms with Gasteiger partial charge in [0, 0.05) is 4.90 Å². The normalized spacial score (nSPS) is 10.4. The van der Waals surface area contributed by atoms with Crippen molar-refractivity contribution in [1.82, 2.24) is 0 Å². The smallest absolute Gasteiger partial charge is 0.201 e. The fourth-order valence-corrected chi connectivity index (χ4v) is 1.99. The minimum Gasteiger partial charge on any atom is -0.486 e. The highest BCUT2D eigenvalue weighted by Gasteiger charge is 2.13. The van der Waals surface area contributed by atoms with Gasteiger partial charge in [0.1, 0.15) is 6.61 Å². The standard InChI is InChI=1S/C14H12F2OS/c1-18-12-8-7-11(13(15)14(12)16)17-9-10-5-3-2-4-6-10/h2-8H,9H2,1H3. The van der Waals surface area contributed by atoms with Gasteiger partial charge in [0.15, 0.2) is 11.6 Å². The molecule has 0 aliphatic rings. The van der Waals surface area contributed by atoms with E-state index >= 15 is 0 Å². The SMILES string of the molecule is CSc1ccc(OCc2ccccc2)c(F)c1F. The van der Waals surface area contributed by atoms with E-state index < -0.39 is 11.6 Å². The Bertz CT molecular complexity index is 529. The van der Waals surface area contributed by atoms with E-state index in [9.17, 15) is 8.78 Å². The predicted molar refractivity (Wildman–Crippen MR) is 68.9 cm³/mol. The van der Waals surface area contributed by atoms with Crippen molar-refractivity contribution in [2.24, 2.45) is 0 Å². The van der Waals surface area contributed by atoms with Gasteiger partial charge in [-0.25, -0.2) is 4.39 Å². The molecule has 0 spiro atoms. The summed E-state index contributed by atoms with van der Waals surface area (Å²) in [4.78, 5) is 0.277. The molecule has 0 fully saturated rings. The number of halogens is 2. The van der Waals surface area contributed by atoms with Gasteiger partial charge in [-0.2, -0.15) is 4.39 Å². The first kappa shape index (κ1) is 12.9. The van der Waals surface area contributed by atoms with E-state index in [0.29, 0.717) is 0 Å². The summed E-state index contributed by atoms with van der Waals surface area (Å²) in [5.41, 5.74) is 0.909. The van der Waals surface area contributed by atoms with Crippen LogP contribution in [-0.4, -0.2) is 6.26 Å². The van der Waals surface area contributed by atoms with Crippen molar-refractivity contribution in [1.29, 1.82) is 0 Å². The molecule has 0 atom stereocenters. The molecule has 2 aromatic rings. The number of rotatable bonds is 4. The molecule has 0 aromatic heterocycles. The Labute approximate surface area is 109 Å². The van der Waals surface area contributed by atoms with Gasteiger partial charge in [0.05, 0.1) is 0 Å². The van der Waals surface area contributed by atoms with Gasteiger partial charge in [-0.1, -0.05) is 30.3 Å². The lowest BCUT2D eigenvalue weighted by molar-refractivity contribution is 0.283. The maximum atomic E-state index is 13.6. The average molecular weight is 266 g/mol. The molecular formula is C14H12F2OS. The molecular weight excluding hydrogens is 254 g/mol. The fourth-order valence-electron chi connectivity index (χ4n) is 1.52. The number of hydrogen-bond acceptors (Lipinski definition) is 2. The van der Waals surface area contributed by atoms with E-state index in [0.717, 1.165) is 17.3 Å². The molecule has 18 heavy (non-hydrogen) atoms. The van der Waals surface area contributed by atoms with Crippen LogP contribution in [0.2, 0.25) is 0 Å². The van der Waals surface area contributed by atoms with E-state index in [4.69, 9.17) is 4.74 Å². The molecule has 1 nitrogen and oxygen atoms in total. The second-order valence-corrected chi connectivity index (χ2v) is 4.52. The zero-order valence-electron chi connectivity index (χ0n) is 9.82. The van der Waals surface area contributed by atoms with Crippen molar-refractivity contribution in [3.8, 4) is 5.75 Å². The Morgan fingerprint density at radius 3 is 2.39 bits per heavy atom. The topological polar surface area (TPSA) is 9.23 Å². The van der Waals surface area contributed by atoms with Crippen LogP contribution in [0, 0.1) is 11.6 Å². The van der Waals surface area contributed by atoms with Gasteiger partial charge in [-0.05, 0) is 24.0 Å². The molecule has 2 rings (SSSR count). The maximum Gasteiger partial charge on any atom is 0.201 e. The van der Waals surface area contributed by atoms with E-state index in [2.05, 4.69) is 0 Å². The van der Waals surface area contributed by atoms with E-state index in [1.165, 1.54) is 12.1 Å². The van der Waals surface area contributed by atoms with Gasteiger partial charge in [-0.15, -0.1) is 11.8 Å². The van der Waals surface area contributed by atoms with Crippen molar-refractivity contribution in [2.45, 2.75) is 11.5 Å². The van der Waals surface area contributed by atoms with Crippen LogP contribution in [0.3, 0.4) is 0 Å². The van der Waals surface area contributed by atoms with Gasteiger partial charge in [0.2, 0.25) is 5.82 Å². The molecule has 0 heterocycles. The first-order valence-electron chi connectivity index (χ1n) is 5.41. The zero-order chi connectivity index (χ0) is 13.0. The summed E-state index contributed by atoms with van der Waals surface area (Å²) >= 11 is 1.16. The summed E-state index contributed by atoms with van der Waals surface area (Å²) in [6, 6.07) is 12.3. The van der Waals surface area contributed by atoms with Gasteiger partial charge >= 0.3 is 0 Å². The summed E-state index contributed by atoms with van der Waals surface area (Å²) in [6.45, 7) is 0.218. The molecule has 0 aliphatic carbocycles. The number of thioether (sulfide) groups is 1. The van der Waals surface area contributed by atoms with Crippen molar-refractivity contribution < 1.29 is 13.5 Å². The van der Waals surface area contributed by atoms with Crippen LogP contribution >= 0.6 is 11.8 Å². The summed E-state index contributed by atoms with van der Waals surface area (Å²) < 4.78 is 32.4. The molecule has 0 bridgehead atoms. The quantitative estimate of drug-likeness (QED) is 0.764. The summed E-state index contributed by atoms with van der Waals surface area (Å²) in [6.07, 6.45) is 1.70. The lowest BCUT2D eigenvalue weighted by Crippen LogP contribution is -1.99.